The predicted octanol–water partition coefficient (Wildman–Crippen LogP) is 9.05. The van der Waals surface area contributed by atoms with Crippen LogP contribution in [0.25, 0.3) is 22.5 Å². The minimum atomic E-state index is -0.151. The van der Waals surface area contributed by atoms with Crippen LogP contribution in [-0.2, 0) is 23.7 Å². The number of Topliss-reactive ketones (excluding diaryl/α,β-unsaturated/α-hetero) is 1. The minimum Gasteiger partial charge on any atom is -0.295 e. The molecule has 3 aromatic carbocycles. The zero-order chi connectivity index (χ0) is 29.0. The van der Waals surface area contributed by atoms with E-state index in [2.05, 4.69) is 94.4 Å². The number of rotatable bonds is 9. The van der Waals surface area contributed by atoms with Crippen molar-refractivity contribution in [3.05, 3.63) is 143 Å². The molecule has 0 unspecified atom stereocenters. The van der Waals surface area contributed by atoms with E-state index < -0.39 is 0 Å². The summed E-state index contributed by atoms with van der Waals surface area (Å²) in [5.74, 6) is 0.0893. The average molecular weight is 539 g/mol. The molecule has 3 nitrogen and oxygen atoms in total. The van der Waals surface area contributed by atoms with Gasteiger partial charge in [0.25, 0.3) is 0 Å². The Hall–Kier alpha value is -4.37. The van der Waals surface area contributed by atoms with E-state index in [9.17, 15) is 4.79 Å². The minimum absolute atomic E-state index is 0.0893. The lowest BCUT2D eigenvalue weighted by Gasteiger charge is -2.28. The highest BCUT2D eigenvalue weighted by Gasteiger charge is 2.25. The lowest BCUT2D eigenvalue weighted by atomic mass is 9.77. The van der Waals surface area contributed by atoms with Crippen LogP contribution in [0, 0.1) is 0 Å². The van der Waals surface area contributed by atoms with Crippen molar-refractivity contribution in [2.45, 2.75) is 58.3 Å². The third kappa shape index (κ3) is 6.69. The molecule has 2 heterocycles. The summed E-state index contributed by atoms with van der Waals surface area (Å²) in [5.41, 5.74) is 9.32. The third-order valence-electron chi connectivity index (χ3n) is 7.98. The van der Waals surface area contributed by atoms with Gasteiger partial charge in [0.05, 0.1) is 11.4 Å². The van der Waals surface area contributed by atoms with Crippen molar-refractivity contribution in [2.24, 2.45) is 0 Å². The number of hydrogen-bond acceptors (Lipinski definition) is 3. The molecule has 0 saturated carbocycles. The van der Waals surface area contributed by atoms with Crippen LogP contribution in [0.2, 0.25) is 0 Å². The van der Waals surface area contributed by atoms with Crippen LogP contribution in [0.15, 0.2) is 116 Å². The van der Waals surface area contributed by atoms with E-state index in [1.165, 1.54) is 11.1 Å². The maximum atomic E-state index is 12.5. The first kappa shape index (κ1) is 28.2. The molecule has 0 fully saturated rings. The third-order valence-corrected chi connectivity index (χ3v) is 7.98. The van der Waals surface area contributed by atoms with Crippen molar-refractivity contribution in [1.82, 2.24) is 9.97 Å². The second kappa shape index (κ2) is 11.6. The van der Waals surface area contributed by atoms with Gasteiger partial charge in [-0.1, -0.05) is 107 Å². The SMILES string of the molecule is CC(=O)c1cc(CC(C)(C)c2ccc(-c3ccccc3)nc2)cc(CC(C)(C)c2ccc(-c3ccccc3)nc2)c1. The predicted molar refractivity (Wildman–Crippen MR) is 169 cm³/mol. The Labute approximate surface area is 244 Å². The van der Waals surface area contributed by atoms with Gasteiger partial charge < -0.3 is 0 Å². The molecule has 3 heteroatoms. The summed E-state index contributed by atoms with van der Waals surface area (Å²) in [5, 5.41) is 0. The molecular weight excluding hydrogens is 500 g/mol. The van der Waals surface area contributed by atoms with Gasteiger partial charge in [-0.15, -0.1) is 0 Å². The van der Waals surface area contributed by atoms with Gasteiger partial charge in [0, 0.05) is 29.1 Å². The standard InChI is InChI=1S/C38H38N2O/c1-27(41)32-21-28(23-37(2,3)33-16-18-35(39-25-33)30-12-8-6-9-13-30)20-29(22-32)24-38(4,5)34-17-19-36(40-26-34)31-14-10-7-11-15-31/h6-22,25-26H,23-24H2,1-5H3. The van der Waals surface area contributed by atoms with Gasteiger partial charge in [0.1, 0.15) is 0 Å². The Morgan fingerprint density at radius 2 is 1.00 bits per heavy atom. The molecule has 0 saturated heterocycles. The Balaban J connectivity index is 1.37. The monoisotopic (exact) mass is 538 g/mol. The van der Waals surface area contributed by atoms with Crippen molar-refractivity contribution in [3.8, 4) is 22.5 Å². The van der Waals surface area contributed by atoms with Gasteiger partial charge in [-0.05, 0) is 77.1 Å². The molecule has 5 aromatic rings. The quantitative estimate of drug-likeness (QED) is 0.176. The van der Waals surface area contributed by atoms with Gasteiger partial charge in [0.2, 0.25) is 0 Å². The van der Waals surface area contributed by atoms with Crippen LogP contribution in [0.5, 0.6) is 0 Å². The van der Waals surface area contributed by atoms with Crippen LogP contribution in [0.1, 0.15) is 67.2 Å². The van der Waals surface area contributed by atoms with E-state index in [0.717, 1.165) is 52.0 Å². The normalized spacial score (nSPS) is 11.8. The molecular formula is C38H38N2O. The van der Waals surface area contributed by atoms with Crippen molar-refractivity contribution in [1.29, 1.82) is 0 Å². The Morgan fingerprint density at radius 1 is 0.585 bits per heavy atom. The molecule has 0 N–H and O–H groups in total. The number of carbonyl (C=O) groups excluding carboxylic acids is 1. The summed E-state index contributed by atoms with van der Waals surface area (Å²) in [7, 11) is 0. The number of ketones is 1. The summed E-state index contributed by atoms with van der Waals surface area (Å²) >= 11 is 0. The summed E-state index contributed by atoms with van der Waals surface area (Å²) in [6, 6.07) is 35.4. The van der Waals surface area contributed by atoms with Crippen LogP contribution in [0.3, 0.4) is 0 Å². The largest absolute Gasteiger partial charge is 0.295 e. The highest BCUT2D eigenvalue weighted by Crippen LogP contribution is 2.32. The van der Waals surface area contributed by atoms with Crippen molar-refractivity contribution < 1.29 is 4.79 Å². The fraction of sp³-hybridized carbons (Fsp3) is 0.237. The second-order valence-corrected chi connectivity index (χ2v) is 12.3. The van der Waals surface area contributed by atoms with Crippen LogP contribution < -0.4 is 0 Å². The fourth-order valence-corrected chi connectivity index (χ4v) is 5.54. The number of benzene rings is 3. The number of carbonyl (C=O) groups is 1. The summed E-state index contributed by atoms with van der Waals surface area (Å²) in [4.78, 5) is 22.1. The Kier molecular flexibility index (Phi) is 7.99. The molecule has 5 rings (SSSR count). The molecule has 0 bridgehead atoms. The first-order chi connectivity index (χ1) is 19.6. The van der Waals surface area contributed by atoms with Gasteiger partial charge in [-0.3, -0.25) is 14.8 Å². The summed E-state index contributed by atoms with van der Waals surface area (Å²) in [6.07, 6.45) is 5.60. The van der Waals surface area contributed by atoms with Crippen molar-refractivity contribution >= 4 is 5.78 Å². The maximum Gasteiger partial charge on any atom is 0.159 e. The van der Waals surface area contributed by atoms with Crippen molar-refractivity contribution in [3.63, 3.8) is 0 Å². The average Bonchev–Trinajstić information content (AvgIpc) is 2.97. The molecule has 41 heavy (non-hydrogen) atoms. The molecule has 0 aliphatic carbocycles. The molecule has 0 atom stereocenters. The number of nitrogens with zero attached hydrogens (tertiary/aromatic N) is 2. The molecule has 0 aliphatic heterocycles. The number of pyridine rings is 2. The van der Waals surface area contributed by atoms with Gasteiger partial charge in [0.15, 0.2) is 5.78 Å². The lowest BCUT2D eigenvalue weighted by Crippen LogP contribution is -2.23. The Morgan fingerprint density at radius 3 is 1.34 bits per heavy atom. The van der Waals surface area contributed by atoms with Gasteiger partial charge >= 0.3 is 0 Å². The highest BCUT2D eigenvalue weighted by molar-refractivity contribution is 5.94. The van der Waals surface area contributed by atoms with Gasteiger partial charge in [-0.2, -0.15) is 0 Å². The zero-order valence-corrected chi connectivity index (χ0v) is 24.7. The second-order valence-electron chi connectivity index (χ2n) is 12.3. The lowest BCUT2D eigenvalue weighted by molar-refractivity contribution is 0.101. The number of hydrogen-bond donors (Lipinski definition) is 0. The molecule has 0 spiro atoms. The zero-order valence-electron chi connectivity index (χ0n) is 24.7. The summed E-state index contributed by atoms with van der Waals surface area (Å²) in [6.45, 7) is 10.6. The van der Waals surface area contributed by atoms with E-state index in [0.29, 0.717) is 0 Å². The molecule has 0 aliphatic rings. The van der Waals surface area contributed by atoms with Crippen LogP contribution in [-0.4, -0.2) is 15.8 Å². The van der Waals surface area contributed by atoms with Gasteiger partial charge in [-0.25, -0.2) is 0 Å². The number of aromatic nitrogens is 2. The van der Waals surface area contributed by atoms with E-state index in [1.54, 1.807) is 6.92 Å². The first-order valence-corrected chi connectivity index (χ1v) is 14.3. The highest BCUT2D eigenvalue weighted by atomic mass is 16.1. The van der Waals surface area contributed by atoms with E-state index in [1.807, 2.05) is 48.8 Å². The van der Waals surface area contributed by atoms with E-state index in [-0.39, 0.29) is 16.6 Å². The fourth-order valence-electron chi connectivity index (χ4n) is 5.54. The molecule has 0 radical (unpaired) electrons. The topological polar surface area (TPSA) is 42.9 Å². The van der Waals surface area contributed by atoms with E-state index in [4.69, 9.17) is 9.97 Å². The summed E-state index contributed by atoms with van der Waals surface area (Å²) < 4.78 is 0. The van der Waals surface area contributed by atoms with Crippen LogP contribution in [0.4, 0.5) is 0 Å². The maximum absolute atomic E-state index is 12.5. The molecule has 206 valence electrons. The van der Waals surface area contributed by atoms with E-state index >= 15 is 0 Å². The smallest absolute Gasteiger partial charge is 0.159 e. The van der Waals surface area contributed by atoms with Crippen molar-refractivity contribution in [2.75, 3.05) is 0 Å². The molecule has 0 amide bonds. The first-order valence-electron chi connectivity index (χ1n) is 14.3. The Bertz CT molecular complexity index is 1500. The van der Waals surface area contributed by atoms with Crippen LogP contribution >= 0.6 is 0 Å². The molecule has 2 aromatic heterocycles.